The number of aliphatic hydroxyl groups excluding tert-OH is 1. The Morgan fingerprint density at radius 2 is 1.66 bits per heavy atom. The topological polar surface area (TPSA) is 47.0 Å². The molecule has 2 aromatic rings. The number of hydrogen-bond acceptors (Lipinski definition) is 4. The van der Waals surface area contributed by atoms with Crippen molar-refractivity contribution in [2.75, 3.05) is 43.5 Å². The maximum Gasteiger partial charge on any atom is 0.253 e. The van der Waals surface area contributed by atoms with Crippen LogP contribution in [0.5, 0.6) is 0 Å². The van der Waals surface area contributed by atoms with Crippen LogP contribution in [0.15, 0.2) is 42.5 Å². The lowest BCUT2D eigenvalue weighted by molar-refractivity contribution is 0.0784. The van der Waals surface area contributed by atoms with Gasteiger partial charge < -0.3 is 19.8 Å². The number of nitrogens with zero attached hydrogens (tertiary/aromatic N) is 3. The summed E-state index contributed by atoms with van der Waals surface area (Å²) in [5.74, 6) is -0.0115. The van der Waals surface area contributed by atoms with Crippen molar-refractivity contribution in [2.24, 2.45) is 0 Å². The van der Waals surface area contributed by atoms with Gasteiger partial charge in [-0.25, -0.2) is 0 Å². The molecule has 1 atom stereocenters. The van der Waals surface area contributed by atoms with Gasteiger partial charge in [-0.1, -0.05) is 25.0 Å². The fourth-order valence-electron chi connectivity index (χ4n) is 4.97. The van der Waals surface area contributed by atoms with Crippen molar-refractivity contribution in [3.63, 3.8) is 0 Å². The van der Waals surface area contributed by atoms with Gasteiger partial charge in [-0.2, -0.15) is 0 Å². The monoisotopic (exact) mass is 435 g/mol. The molecule has 0 aromatic heterocycles. The lowest BCUT2D eigenvalue weighted by atomic mass is 9.99. The Labute approximate surface area is 192 Å². The summed E-state index contributed by atoms with van der Waals surface area (Å²) in [5, 5.41) is 10.8. The van der Waals surface area contributed by atoms with Gasteiger partial charge in [0.2, 0.25) is 0 Å². The largest absolute Gasteiger partial charge is 0.388 e. The van der Waals surface area contributed by atoms with Crippen LogP contribution >= 0.6 is 0 Å². The molecule has 2 aliphatic heterocycles. The summed E-state index contributed by atoms with van der Waals surface area (Å²) in [6.45, 7) is 3.81. The molecule has 172 valence electrons. The second-order valence-corrected chi connectivity index (χ2v) is 9.44. The van der Waals surface area contributed by atoms with Gasteiger partial charge in [-0.3, -0.25) is 4.79 Å². The SMILES string of the molecule is CN(Cc1ccc(N2CCCCC2)cc1)C(=O)c1ccc2c(c1)C(O)CCCCCN2C. The van der Waals surface area contributed by atoms with Gasteiger partial charge in [0.15, 0.2) is 0 Å². The number of amides is 1. The first-order valence-electron chi connectivity index (χ1n) is 12.2. The minimum Gasteiger partial charge on any atom is -0.388 e. The first kappa shape index (κ1) is 22.7. The van der Waals surface area contributed by atoms with E-state index in [2.05, 4.69) is 41.1 Å². The molecule has 5 heteroatoms. The minimum absolute atomic E-state index is 0.0115. The number of benzene rings is 2. The van der Waals surface area contributed by atoms with E-state index >= 15 is 0 Å². The molecule has 5 nitrogen and oxygen atoms in total. The first-order valence-corrected chi connectivity index (χ1v) is 12.2. The van der Waals surface area contributed by atoms with E-state index in [1.165, 1.54) is 24.9 Å². The van der Waals surface area contributed by atoms with Crippen LogP contribution in [0.4, 0.5) is 11.4 Å². The smallest absolute Gasteiger partial charge is 0.253 e. The Hall–Kier alpha value is -2.53. The number of hydrogen-bond donors (Lipinski definition) is 1. The van der Waals surface area contributed by atoms with E-state index in [1.807, 2.05) is 25.2 Å². The van der Waals surface area contributed by atoms with Crippen LogP contribution in [0.1, 0.15) is 72.5 Å². The molecular weight excluding hydrogens is 398 g/mol. The van der Waals surface area contributed by atoms with Crippen LogP contribution < -0.4 is 9.80 Å². The van der Waals surface area contributed by atoms with Crippen molar-refractivity contribution in [3.05, 3.63) is 59.2 Å². The van der Waals surface area contributed by atoms with Gasteiger partial charge in [0.05, 0.1) is 6.10 Å². The number of carbonyl (C=O) groups excluding carboxylic acids is 1. The van der Waals surface area contributed by atoms with Crippen LogP contribution in [0.3, 0.4) is 0 Å². The zero-order chi connectivity index (χ0) is 22.5. The zero-order valence-electron chi connectivity index (χ0n) is 19.6. The molecule has 2 aromatic carbocycles. The molecular formula is C27H37N3O2. The van der Waals surface area contributed by atoms with Gasteiger partial charge in [0.25, 0.3) is 5.91 Å². The minimum atomic E-state index is -0.522. The van der Waals surface area contributed by atoms with E-state index in [4.69, 9.17) is 0 Å². The lowest BCUT2D eigenvalue weighted by Gasteiger charge is -2.29. The quantitative estimate of drug-likeness (QED) is 0.735. The van der Waals surface area contributed by atoms with Gasteiger partial charge in [0, 0.05) is 62.8 Å². The molecule has 1 fully saturated rings. The molecule has 0 saturated carbocycles. The maximum atomic E-state index is 13.2. The summed E-state index contributed by atoms with van der Waals surface area (Å²) in [4.78, 5) is 19.6. The van der Waals surface area contributed by atoms with Gasteiger partial charge in [0.1, 0.15) is 0 Å². The Morgan fingerprint density at radius 1 is 0.969 bits per heavy atom. The molecule has 1 saturated heterocycles. The molecule has 2 heterocycles. The van der Waals surface area contributed by atoms with Crippen LogP contribution in [0, 0.1) is 0 Å². The van der Waals surface area contributed by atoms with E-state index in [9.17, 15) is 9.90 Å². The molecule has 4 rings (SSSR count). The van der Waals surface area contributed by atoms with E-state index in [0.29, 0.717) is 12.1 Å². The highest BCUT2D eigenvalue weighted by Gasteiger charge is 2.21. The fraction of sp³-hybridized carbons (Fsp3) is 0.519. The first-order chi connectivity index (χ1) is 15.5. The van der Waals surface area contributed by atoms with Crippen LogP contribution in [0.25, 0.3) is 0 Å². The molecule has 32 heavy (non-hydrogen) atoms. The van der Waals surface area contributed by atoms with E-state index in [-0.39, 0.29) is 5.91 Å². The van der Waals surface area contributed by atoms with Crippen LogP contribution in [-0.2, 0) is 6.54 Å². The average Bonchev–Trinajstić information content (AvgIpc) is 2.89. The highest BCUT2D eigenvalue weighted by atomic mass is 16.3. The second kappa shape index (κ2) is 10.4. The highest BCUT2D eigenvalue weighted by Crippen LogP contribution is 2.32. The maximum absolute atomic E-state index is 13.2. The normalized spacial score (nSPS) is 19.5. The van der Waals surface area contributed by atoms with Crippen molar-refractivity contribution in [3.8, 4) is 0 Å². The second-order valence-electron chi connectivity index (χ2n) is 9.44. The molecule has 2 aliphatic rings. The van der Waals surface area contributed by atoms with Gasteiger partial charge in [-0.15, -0.1) is 0 Å². The van der Waals surface area contributed by atoms with E-state index < -0.39 is 6.10 Å². The summed E-state index contributed by atoms with van der Waals surface area (Å²) < 4.78 is 0. The molecule has 1 unspecified atom stereocenters. The number of fused-ring (bicyclic) bond motifs is 1. The third-order valence-electron chi connectivity index (χ3n) is 6.94. The Balaban J connectivity index is 1.46. The van der Waals surface area contributed by atoms with Crippen molar-refractivity contribution < 1.29 is 9.90 Å². The standard InChI is InChI=1S/C27H37N3O2/c1-28-16-6-3-5-9-26(31)24-19-22(12-15-25(24)28)27(32)29(2)20-21-10-13-23(14-11-21)30-17-7-4-8-18-30/h10-15,19,26,31H,3-9,16-18,20H2,1-2H3. The summed E-state index contributed by atoms with van der Waals surface area (Å²) in [5.41, 5.74) is 4.96. The molecule has 0 spiro atoms. The Kier molecular flexibility index (Phi) is 7.36. The van der Waals surface area contributed by atoms with Gasteiger partial charge >= 0.3 is 0 Å². The molecule has 1 N–H and O–H groups in total. The predicted molar refractivity (Wildman–Crippen MR) is 131 cm³/mol. The zero-order valence-corrected chi connectivity index (χ0v) is 19.6. The number of rotatable bonds is 4. The molecule has 0 radical (unpaired) electrons. The highest BCUT2D eigenvalue weighted by molar-refractivity contribution is 5.94. The predicted octanol–water partition coefficient (Wildman–Crippen LogP) is 4.99. The van der Waals surface area contributed by atoms with Crippen molar-refractivity contribution in [1.82, 2.24) is 4.90 Å². The summed E-state index contributed by atoms with van der Waals surface area (Å²) in [6.07, 6.45) is 7.36. The van der Waals surface area contributed by atoms with Crippen LogP contribution in [-0.4, -0.2) is 49.6 Å². The molecule has 0 bridgehead atoms. The fourth-order valence-corrected chi connectivity index (χ4v) is 4.97. The summed E-state index contributed by atoms with van der Waals surface area (Å²) in [7, 11) is 3.92. The number of aliphatic hydroxyl groups is 1. The summed E-state index contributed by atoms with van der Waals surface area (Å²) in [6, 6.07) is 14.4. The molecule has 0 aliphatic carbocycles. The third-order valence-corrected chi connectivity index (χ3v) is 6.94. The number of piperidine rings is 1. The van der Waals surface area contributed by atoms with Crippen molar-refractivity contribution in [2.45, 2.75) is 57.6 Å². The lowest BCUT2D eigenvalue weighted by Crippen LogP contribution is -2.29. The Morgan fingerprint density at radius 3 is 2.41 bits per heavy atom. The van der Waals surface area contributed by atoms with Gasteiger partial charge in [-0.05, 0) is 68.0 Å². The van der Waals surface area contributed by atoms with Crippen molar-refractivity contribution in [1.29, 1.82) is 0 Å². The molecule has 1 amide bonds. The number of anilines is 2. The van der Waals surface area contributed by atoms with E-state index in [1.54, 1.807) is 4.90 Å². The Bertz CT molecular complexity index is 906. The third kappa shape index (κ3) is 5.26. The number of carbonyl (C=O) groups is 1. The van der Waals surface area contributed by atoms with Crippen molar-refractivity contribution >= 4 is 17.3 Å². The van der Waals surface area contributed by atoms with E-state index in [0.717, 1.165) is 62.1 Å². The summed E-state index contributed by atoms with van der Waals surface area (Å²) >= 11 is 0. The average molecular weight is 436 g/mol. The van der Waals surface area contributed by atoms with Crippen LogP contribution in [0.2, 0.25) is 0 Å².